The molecule has 2 aromatic carbocycles. The summed E-state index contributed by atoms with van der Waals surface area (Å²) in [7, 11) is 0. The number of amides is 1. The van der Waals surface area contributed by atoms with Crippen LogP contribution in [0.15, 0.2) is 84.2 Å². The normalized spacial score (nSPS) is 11.0. The molecule has 0 fully saturated rings. The van der Waals surface area contributed by atoms with Crippen molar-refractivity contribution < 1.29 is 4.79 Å². The molecule has 4 aromatic rings. The molecule has 0 aliphatic rings. The lowest BCUT2D eigenvalue weighted by molar-refractivity contribution is 0.0956. The maximum Gasteiger partial charge on any atom is 0.272 e. The predicted octanol–water partition coefficient (Wildman–Crippen LogP) is 4.71. The van der Waals surface area contributed by atoms with Crippen molar-refractivity contribution in [2.24, 2.45) is 5.10 Å². The van der Waals surface area contributed by atoms with Crippen LogP contribution < -0.4 is 5.43 Å². The summed E-state index contributed by atoms with van der Waals surface area (Å²) in [6.45, 7) is 0. The summed E-state index contributed by atoms with van der Waals surface area (Å²) in [5.74, 6) is -0.311. The highest BCUT2D eigenvalue weighted by Gasteiger charge is 2.13. The van der Waals surface area contributed by atoms with Crippen LogP contribution in [-0.4, -0.2) is 22.1 Å². The van der Waals surface area contributed by atoms with Gasteiger partial charge in [0, 0.05) is 33.9 Å². The number of para-hydroxylation sites is 1. The minimum atomic E-state index is -0.311. The van der Waals surface area contributed by atoms with Crippen molar-refractivity contribution in [3.05, 3.63) is 95.3 Å². The number of nitrogens with zero attached hydrogens (tertiary/aromatic N) is 3. The van der Waals surface area contributed by atoms with Gasteiger partial charge in [-0.3, -0.25) is 9.78 Å². The highest BCUT2D eigenvalue weighted by atomic mass is 35.5. The van der Waals surface area contributed by atoms with Crippen molar-refractivity contribution >= 4 is 34.6 Å². The van der Waals surface area contributed by atoms with E-state index >= 15 is 0 Å². The topological polar surface area (TPSA) is 67.2 Å². The van der Waals surface area contributed by atoms with Crippen LogP contribution in [0.25, 0.3) is 22.2 Å². The maximum atomic E-state index is 12.8. The third-order valence-corrected chi connectivity index (χ3v) is 4.42. The van der Waals surface area contributed by atoms with Crippen molar-refractivity contribution in [1.29, 1.82) is 0 Å². The number of fused-ring (bicyclic) bond motifs is 1. The number of carbonyl (C=O) groups excluding carboxylic acids is 1. The molecule has 6 heteroatoms. The SMILES string of the molecule is O=C(N/N=C\c1cccnc1)c1cc(-c2ccc(Cl)cc2)nc2ccccc12. The Labute approximate surface area is 166 Å². The van der Waals surface area contributed by atoms with E-state index in [1.54, 1.807) is 42.9 Å². The van der Waals surface area contributed by atoms with Gasteiger partial charge >= 0.3 is 0 Å². The third kappa shape index (κ3) is 3.89. The third-order valence-electron chi connectivity index (χ3n) is 4.16. The summed E-state index contributed by atoms with van der Waals surface area (Å²) in [5, 5.41) is 5.44. The standard InChI is InChI=1S/C22H15ClN4O/c23-17-9-7-16(8-10-17)21-12-19(18-5-1-2-6-20(18)26-21)22(28)27-25-14-15-4-3-11-24-13-15/h1-14H,(H,27,28)/b25-14-. The van der Waals surface area contributed by atoms with Crippen LogP contribution in [0.3, 0.4) is 0 Å². The van der Waals surface area contributed by atoms with E-state index in [-0.39, 0.29) is 5.91 Å². The number of aromatic nitrogens is 2. The van der Waals surface area contributed by atoms with Crippen LogP contribution in [0, 0.1) is 0 Å². The highest BCUT2D eigenvalue weighted by Crippen LogP contribution is 2.25. The minimum Gasteiger partial charge on any atom is -0.267 e. The molecule has 136 valence electrons. The van der Waals surface area contributed by atoms with E-state index < -0.39 is 0 Å². The molecule has 0 aliphatic carbocycles. The van der Waals surface area contributed by atoms with E-state index in [4.69, 9.17) is 11.6 Å². The molecule has 0 saturated carbocycles. The summed E-state index contributed by atoms with van der Waals surface area (Å²) >= 11 is 5.98. The highest BCUT2D eigenvalue weighted by molar-refractivity contribution is 6.30. The lowest BCUT2D eigenvalue weighted by Gasteiger charge is -2.09. The van der Waals surface area contributed by atoms with Crippen LogP contribution in [-0.2, 0) is 0 Å². The van der Waals surface area contributed by atoms with Gasteiger partial charge in [-0.15, -0.1) is 0 Å². The van der Waals surface area contributed by atoms with Crippen molar-refractivity contribution in [2.75, 3.05) is 0 Å². The Morgan fingerprint density at radius 3 is 2.64 bits per heavy atom. The molecule has 0 atom stereocenters. The first kappa shape index (κ1) is 17.8. The summed E-state index contributed by atoms with van der Waals surface area (Å²) in [4.78, 5) is 21.5. The zero-order valence-electron chi connectivity index (χ0n) is 14.7. The summed E-state index contributed by atoms with van der Waals surface area (Å²) in [5.41, 5.74) is 6.18. The first-order chi connectivity index (χ1) is 13.7. The fraction of sp³-hybridized carbons (Fsp3) is 0. The lowest BCUT2D eigenvalue weighted by Crippen LogP contribution is -2.18. The van der Waals surface area contributed by atoms with Gasteiger partial charge in [-0.2, -0.15) is 5.10 Å². The minimum absolute atomic E-state index is 0.311. The first-order valence-corrected chi connectivity index (χ1v) is 8.98. The van der Waals surface area contributed by atoms with E-state index in [1.165, 1.54) is 0 Å². The number of pyridine rings is 2. The summed E-state index contributed by atoms with van der Waals surface area (Å²) < 4.78 is 0. The Kier molecular flexibility index (Phi) is 5.08. The van der Waals surface area contributed by atoms with E-state index in [1.807, 2.05) is 42.5 Å². The fourth-order valence-electron chi connectivity index (χ4n) is 2.81. The molecule has 0 saturated heterocycles. The number of benzene rings is 2. The number of hydrogen-bond donors (Lipinski definition) is 1. The average Bonchev–Trinajstić information content (AvgIpc) is 2.74. The molecular weight excluding hydrogens is 372 g/mol. The maximum absolute atomic E-state index is 12.8. The van der Waals surface area contributed by atoms with Gasteiger partial charge in [0.25, 0.3) is 5.91 Å². The second kappa shape index (κ2) is 7.98. The second-order valence-electron chi connectivity index (χ2n) is 6.06. The number of rotatable bonds is 4. The Bertz CT molecular complexity index is 1160. The molecule has 0 bridgehead atoms. The van der Waals surface area contributed by atoms with Crippen LogP contribution in [0.1, 0.15) is 15.9 Å². The Morgan fingerprint density at radius 1 is 1.04 bits per heavy atom. The quantitative estimate of drug-likeness (QED) is 0.408. The smallest absolute Gasteiger partial charge is 0.267 e. The van der Waals surface area contributed by atoms with E-state index in [0.717, 1.165) is 22.0 Å². The van der Waals surface area contributed by atoms with E-state index in [0.29, 0.717) is 16.3 Å². The van der Waals surface area contributed by atoms with Gasteiger partial charge in [0.05, 0.1) is 23.0 Å². The summed E-state index contributed by atoms with van der Waals surface area (Å²) in [6, 6.07) is 20.3. The lowest BCUT2D eigenvalue weighted by atomic mass is 10.0. The average molecular weight is 387 g/mol. The molecule has 0 aliphatic heterocycles. The van der Waals surface area contributed by atoms with Crippen LogP contribution in [0.2, 0.25) is 5.02 Å². The van der Waals surface area contributed by atoms with Gasteiger partial charge in [0.1, 0.15) is 0 Å². The fourth-order valence-corrected chi connectivity index (χ4v) is 2.94. The number of hydrazone groups is 1. The van der Waals surface area contributed by atoms with Crippen molar-refractivity contribution in [3.8, 4) is 11.3 Å². The second-order valence-corrected chi connectivity index (χ2v) is 6.50. The van der Waals surface area contributed by atoms with Crippen LogP contribution in [0.5, 0.6) is 0 Å². The predicted molar refractivity (Wildman–Crippen MR) is 111 cm³/mol. The van der Waals surface area contributed by atoms with Gasteiger partial charge in [0.2, 0.25) is 0 Å². The molecule has 5 nitrogen and oxygen atoms in total. The summed E-state index contributed by atoms with van der Waals surface area (Å²) in [6.07, 6.45) is 4.89. The molecule has 0 radical (unpaired) electrons. The first-order valence-electron chi connectivity index (χ1n) is 8.60. The zero-order chi connectivity index (χ0) is 19.3. The molecule has 2 aromatic heterocycles. The Balaban J connectivity index is 1.69. The molecule has 1 amide bonds. The van der Waals surface area contributed by atoms with Gasteiger partial charge in [-0.25, -0.2) is 10.4 Å². The Morgan fingerprint density at radius 2 is 1.86 bits per heavy atom. The molecule has 4 rings (SSSR count). The van der Waals surface area contributed by atoms with Gasteiger partial charge in [-0.1, -0.05) is 48.0 Å². The van der Waals surface area contributed by atoms with Crippen molar-refractivity contribution in [3.63, 3.8) is 0 Å². The van der Waals surface area contributed by atoms with Gasteiger partial charge in [-0.05, 0) is 30.3 Å². The molecule has 0 unspecified atom stereocenters. The Hall–Kier alpha value is -3.57. The molecular formula is C22H15ClN4O. The number of nitrogens with one attached hydrogen (secondary N) is 1. The van der Waals surface area contributed by atoms with E-state index in [2.05, 4.69) is 20.5 Å². The molecule has 1 N–H and O–H groups in total. The molecule has 28 heavy (non-hydrogen) atoms. The van der Waals surface area contributed by atoms with Crippen LogP contribution >= 0.6 is 11.6 Å². The molecule has 2 heterocycles. The zero-order valence-corrected chi connectivity index (χ0v) is 15.5. The number of carbonyl (C=O) groups is 1. The number of halogens is 1. The monoisotopic (exact) mass is 386 g/mol. The molecule has 0 spiro atoms. The van der Waals surface area contributed by atoms with Crippen molar-refractivity contribution in [1.82, 2.24) is 15.4 Å². The van der Waals surface area contributed by atoms with Gasteiger partial charge < -0.3 is 0 Å². The van der Waals surface area contributed by atoms with E-state index in [9.17, 15) is 4.79 Å². The number of hydrogen-bond acceptors (Lipinski definition) is 4. The van der Waals surface area contributed by atoms with Gasteiger partial charge in [0.15, 0.2) is 0 Å². The van der Waals surface area contributed by atoms with Crippen LogP contribution in [0.4, 0.5) is 0 Å². The largest absolute Gasteiger partial charge is 0.272 e. The van der Waals surface area contributed by atoms with Crippen molar-refractivity contribution in [2.45, 2.75) is 0 Å².